The van der Waals surface area contributed by atoms with Gasteiger partial charge in [0.25, 0.3) is 0 Å². The van der Waals surface area contributed by atoms with E-state index in [2.05, 4.69) is 5.16 Å². The lowest BCUT2D eigenvalue weighted by atomic mass is 10.1. The first-order valence-electron chi connectivity index (χ1n) is 8.43. The summed E-state index contributed by atoms with van der Waals surface area (Å²) in [5.41, 5.74) is 2.79. The lowest BCUT2D eigenvalue weighted by molar-refractivity contribution is 0.290. The third-order valence-electron chi connectivity index (χ3n) is 4.19. The topological polar surface area (TPSA) is 65.5 Å². The molecule has 0 fully saturated rings. The lowest BCUT2D eigenvalue weighted by Gasteiger charge is -2.06. The molecule has 0 aliphatic carbocycles. The van der Waals surface area contributed by atoms with Crippen LogP contribution in [-0.2, 0) is 13.0 Å². The van der Waals surface area contributed by atoms with Crippen molar-refractivity contribution in [3.63, 3.8) is 0 Å². The standard InChI is InChI=1S/C21H17NO4/c1-2-14-10-21(23)25-20-12-17(8-9-18(14)20)24-13-16-11-19(26-22-16)15-6-4-3-5-7-15/h3-12H,2,13H2,1H3. The Morgan fingerprint density at radius 3 is 2.69 bits per heavy atom. The molecule has 0 unspecified atom stereocenters. The lowest BCUT2D eigenvalue weighted by Crippen LogP contribution is -2.00. The Hall–Kier alpha value is -3.34. The van der Waals surface area contributed by atoms with E-state index in [4.69, 9.17) is 13.7 Å². The number of hydrogen-bond acceptors (Lipinski definition) is 5. The van der Waals surface area contributed by atoms with Crippen molar-refractivity contribution in [2.24, 2.45) is 0 Å². The van der Waals surface area contributed by atoms with Crippen molar-refractivity contribution in [3.8, 4) is 17.1 Å². The highest BCUT2D eigenvalue weighted by molar-refractivity contribution is 5.81. The van der Waals surface area contributed by atoms with Crippen molar-refractivity contribution in [1.82, 2.24) is 5.16 Å². The number of aromatic nitrogens is 1. The van der Waals surface area contributed by atoms with Crippen LogP contribution in [0, 0.1) is 0 Å². The van der Waals surface area contributed by atoms with Crippen LogP contribution in [0.5, 0.6) is 5.75 Å². The van der Waals surface area contributed by atoms with Gasteiger partial charge in [0.1, 0.15) is 23.6 Å². The van der Waals surface area contributed by atoms with Crippen molar-refractivity contribution in [2.75, 3.05) is 0 Å². The van der Waals surface area contributed by atoms with Gasteiger partial charge in [-0.2, -0.15) is 0 Å². The van der Waals surface area contributed by atoms with Crippen LogP contribution in [0.1, 0.15) is 18.2 Å². The minimum absolute atomic E-state index is 0.263. The van der Waals surface area contributed by atoms with Crippen LogP contribution in [0.4, 0.5) is 0 Å². The van der Waals surface area contributed by atoms with Crippen molar-refractivity contribution < 1.29 is 13.7 Å². The summed E-state index contributed by atoms with van der Waals surface area (Å²) in [5, 5.41) is 4.96. The van der Waals surface area contributed by atoms with Crippen molar-refractivity contribution in [2.45, 2.75) is 20.0 Å². The van der Waals surface area contributed by atoms with E-state index in [1.54, 1.807) is 6.07 Å². The van der Waals surface area contributed by atoms with Crippen LogP contribution in [0.25, 0.3) is 22.3 Å². The molecule has 2 aromatic heterocycles. The summed E-state index contributed by atoms with van der Waals surface area (Å²) >= 11 is 0. The molecular formula is C21H17NO4. The average molecular weight is 347 g/mol. The molecular weight excluding hydrogens is 330 g/mol. The Morgan fingerprint density at radius 2 is 1.88 bits per heavy atom. The first-order valence-corrected chi connectivity index (χ1v) is 8.43. The second kappa shape index (κ2) is 6.88. The van der Waals surface area contributed by atoms with Gasteiger partial charge in [0, 0.05) is 29.1 Å². The summed E-state index contributed by atoms with van der Waals surface area (Å²) < 4.78 is 16.4. The fourth-order valence-electron chi connectivity index (χ4n) is 2.87. The maximum absolute atomic E-state index is 11.7. The zero-order valence-corrected chi connectivity index (χ0v) is 14.3. The summed E-state index contributed by atoms with van der Waals surface area (Å²) in [6, 6.07) is 18.6. The second-order valence-electron chi connectivity index (χ2n) is 5.94. The minimum Gasteiger partial charge on any atom is -0.487 e. The molecule has 26 heavy (non-hydrogen) atoms. The molecule has 0 spiro atoms. The predicted octanol–water partition coefficient (Wildman–Crippen LogP) is 4.59. The zero-order chi connectivity index (χ0) is 17.9. The summed E-state index contributed by atoms with van der Waals surface area (Å²) in [5.74, 6) is 1.31. The van der Waals surface area contributed by atoms with E-state index in [1.807, 2.05) is 55.5 Å². The van der Waals surface area contributed by atoms with Crippen molar-refractivity contribution in [1.29, 1.82) is 0 Å². The predicted molar refractivity (Wildman–Crippen MR) is 98.1 cm³/mol. The molecule has 130 valence electrons. The third kappa shape index (κ3) is 3.24. The molecule has 0 atom stereocenters. The van der Waals surface area contributed by atoms with E-state index in [0.29, 0.717) is 22.8 Å². The maximum atomic E-state index is 11.7. The fourth-order valence-corrected chi connectivity index (χ4v) is 2.87. The summed E-state index contributed by atoms with van der Waals surface area (Å²) in [6.07, 6.45) is 0.767. The molecule has 0 radical (unpaired) electrons. The largest absolute Gasteiger partial charge is 0.487 e. The first-order chi connectivity index (χ1) is 12.7. The normalized spacial score (nSPS) is 11.0. The molecule has 0 N–H and O–H groups in total. The highest BCUT2D eigenvalue weighted by atomic mass is 16.5. The minimum atomic E-state index is -0.351. The molecule has 0 bridgehead atoms. The summed E-state index contributed by atoms with van der Waals surface area (Å²) in [6.45, 7) is 2.27. The van der Waals surface area contributed by atoms with E-state index in [9.17, 15) is 4.79 Å². The molecule has 0 aliphatic heterocycles. The van der Waals surface area contributed by atoms with Crippen LogP contribution in [0.2, 0.25) is 0 Å². The fraction of sp³-hybridized carbons (Fsp3) is 0.143. The molecule has 0 aliphatic rings. The Bertz CT molecular complexity index is 1100. The van der Waals surface area contributed by atoms with Crippen LogP contribution in [0.3, 0.4) is 0 Å². The van der Waals surface area contributed by atoms with E-state index < -0.39 is 0 Å². The van der Waals surface area contributed by atoms with Crippen LogP contribution in [0.15, 0.2) is 74.4 Å². The van der Waals surface area contributed by atoms with Gasteiger partial charge in [-0.25, -0.2) is 4.79 Å². The molecule has 2 aromatic carbocycles. The van der Waals surface area contributed by atoms with E-state index >= 15 is 0 Å². The van der Waals surface area contributed by atoms with Crippen LogP contribution >= 0.6 is 0 Å². The first kappa shape index (κ1) is 16.1. The number of hydrogen-bond donors (Lipinski definition) is 0. The Kier molecular flexibility index (Phi) is 4.27. The summed E-state index contributed by atoms with van der Waals surface area (Å²) in [4.78, 5) is 11.7. The van der Waals surface area contributed by atoms with Gasteiger partial charge in [0.2, 0.25) is 0 Å². The Balaban J connectivity index is 1.53. The zero-order valence-electron chi connectivity index (χ0n) is 14.3. The van der Waals surface area contributed by atoms with E-state index in [1.165, 1.54) is 6.07 Å². The monoisotopic (exact) mass is 347 g/mol. The molecule has 4 rings (SSSR count). The molecule has 0 amide bonds. The number of fused-ring (bicyclic) bond motifs is 1. The van der Waals surface area contributed by atoms with Crippen molar-refractivity contribution in [3.05, 3.63) is 82.3 Å². The highest BCUT2D eigenvalue weighted by Crippen LogP contribution is 2.24. The number of nitrogens with zero attached hydrogens (tertiary/aromatic N) is 1. The van der Waals surface area contributed by atoms with Gasteiger partial charge in [-0.05, 0) is 24.1 Å². The average Bonchev–Trinajstić information content (AvgIpc) is 3.15. The van der Waals surface area contributed by atoms with Gasteiger partial charge >= 0.3 is 5.63 Å². The number of rotatable bonds is 5. The number of ether oxygens (including phenoxy) is 1. The molecule has 5 nitrogen and oxygen atoms in total. The van der Waals surface area contributed by atoms with E-state index in [0.717, 1.165) is 22.9 Å². The molecule has 5 heteroatoms. The molecule has 4 aromatic rings. The van der Waals surface area contributed by atoms with Gasteiger partial charge in [0.15, 0.2) is 5.76 Å². The molecule has 0 saturated heterocycles. The maximum Gasteiger partial charge on any atom is 0.336 e. The Morgan fingerprint density at radius 1 is 1.04 bits per heavy atom. The van der Waals surface area contributed by atoms with Gasteiger partial charge in [-0.1, -0.05) is 42.4 Å². The van der Waals surface area contributed by atoms with Gasteiger partial charge < -0.3 is 13.7 Å². The van der Waals surface area contributed by atoms with Crippen molar-refractivity contribution >= 4 is 11.0 Å². The number of aryl methyl sites for hydroxylation is 1. The molecule has 2 heterocycles. The SMILES string of the molecule is CCc1cc(=O)oc2cc(OCc3cc(-c4ccccc4)on3)ccc12. The summed E-state index contributed by atoms with van der Waals surface area (Å²) in [7, 11) is 0. The third-order valence-corrected chi connectivity index (χ3v) is 4.19. The highest BCUT2D eigenvalue weighted by Gasteiger charge is 2.09. The van der Waals surface area contributed by atoms with E-state index in [-0.39, 0.29) is 12.2 Å². The second-order valence-corrected chi connectivity index (χ2v) is 5.94. The molecule has 0 saturated carbocycles. The smallest absolute Gasteiger partial charge is 0.336 e. The Labute approximate surface area is 149 Å². The van der Waals surface area contributed by atoms with Crippen LogP contribution in [-0.4, -0.2) is 5.16 Å². The number of benzene rings is 2. The van der Waals surface area contributed by atoms with Gasteiger partial charge in [-0.15, -0.1) is 0 Å². The van der Waals surface area contributed by atoms with Crippen LogP contribution < -0.4 is 10.4 Å². The van der Waals surface area contributed by atoms with Gasteiger partial charge in [-0.3, -0.25) is 0 Å². The quantitative estimate of drug-likeness (QED) is 0.494. The van der Waals surface area contributed by atoms with Gasteiger partial charge in [0.05, 0.1) is 0 Å².